The molecule has 0 bridgehead atoms. The lowest BCUT2D eigenvalue weighted by Crippen LogP contribution is -2.46. The van der Waals surface area contributed by atoms with Gasteiger partial charge in [0.25, 0.3) is 0 Å². The van der Waals surface area contributed by atoms with Gasteiger partial charge in [-0.15, -0.1) is 0 Å². The van der Waals surface area contributed by atoms with Crippen LogP contribution in [0.15, 0.2) is 81.5 Å². The first-order valence-electron chi connectivity index (χ1n) is 9.35. The van der Waals surface area contributed by atoms with Crippen LogP contribution in [0.2, 0.25) is 10.0 Å². The average molecular weight is 530 g/mol. The number of halogens is 4. The topological polar surface area (TPSA) is 68.3 Å². The highest BCUT2D eigenvalue weighted by Crippen LogP contribution is 2.38. The first kappa shape index (κ1) is 23.4. The van der Waals surface area contributed by atoms with E-state index in [2.05, 4.69) is 9.71 Å². The fourth-order valence-corrected chi connectivity index (χ4v) is 6.37. The van der Waals surface area contributed by atoms with E-state index in [0.717, 1.165) is 10.9 Å². The minimum absolute atomic E-state index is 0.00829. The fourth-order valence-electron chi connectivity index (χ4n) is 3.38. The lowest BCUT2D eigenvalue weighted by Gasteiger charge is -2.31. The van der Waals surface area contributed by atoms with Gasteiger partial charge in [0.05, 0.1) is 32.3 Å². The molecule has 3 aromatic rings. The van der Waals surface area contributed by atoms with Crippen molar-refractivity contribution < 1.29 is 13.2 Å². The van der Waals surface area contributed by atoms with Crippen LogP contribution < -0.4 is 9.46 Å². The molecule has 32 heavy (non-hydrogen) atoms. The molecule has 2 aromatic carbocycles. The predicted octanol–water partition coefficient (Wildman–Crippen LogP) is 6.63. The maximum atomic E-state index is 12.9. The number of aromatic nitrogens is 1. The SMILES string of the molecule is CC1(NS(=O)(=O)c2ccc(Cl)cc2Cl)C=C(Cl)C(Oc2cnc3ccccc3c2)=C(Cl)C1. The van der Waals surface area contributed by atoms with E-state index in [-0.39, 0.29) is 32.2 Å². The quantitative estimate of drug-likeness (QED) is 0.402. The van der Waals surface area contributed by atoms with Gasteiger partial charge in [-0.2, -0.15) is 0 Å². The van der Waals surface area contributed by atoms with Crippen LogP contribution in [0, 0.1) is 0 Å². The van der Waals surface area contributed by atoms with Crippen molar-refractivity contribution in [2.24, 2.45) is 0 Å². The van der Waals surface area contributed by atoms with E-state index >= 15 is 0 Å². The molecule has 1 atom stereocenters. The van der Waals surface area contributed by atoms with Crippen LogP contribution in [0.4, 0.5) is 0 Å². The zero-order valence-electron chi connectivity index (χ0n) is 16.6. The van der Waals surface area contributed by atoms with Crippen molar-refractivity contribution in [1.29, 1.82) is 0 Å². The zero-order chi connectivity index (χ0) is 23.1. The van der Waals surface area contributed by atoms with Gasteiger partial charge in [0.15, 0.2) is 5.76 Å². The molecule has 0 fully saturated rings. The second kappa shape index (κ2) is 8.86. The molecule has 1 unspecified atom stereocenters. The minimum atomic E-state index is -3.99. The standard InChI is InChI=1S/C22H16Cl4N2O3S/c1-22(28-32(29,30)20-7-6-14(23)9-16(20)24)10-17(25)21(18(26)11-22)31-15-8-13-4-2-3-5-19(13)27-12-15/h2-10,12,28H,11H2,1H3. The molecule has 0 saturated heterocycles. The molecule has 1 N–H and O–H groups in total. The highest BCUT2D eigenvalue weighted by atomic mass is 35.5. The van der Waals surface area contributed by atoms with Gasteiger partial charge in [-0.1, -0.05) is 64.6 Å². The van der Waals surface area contributed by atoms with E-state index < -0.39 is 15.6 Å². The molecule has 4 rings (SSSR count). The molecule has 0 radical (unpaired) electrons. The van der Waals surface area contributed by atoms with Crippen LogP contribution in [-0.2, 0) is 10.0 Å². The Bertz CT molecular complexity index is 1390. The highest BCUT2D eigenvalue weighted by Gasteiger charge is 2.36. The van der Waals surface area contributed by atoms with E-state index in [1.807, 2.05) is 30.3 Å². The molecule has 5 nitrogen and oxygen atoms in total. The van der Waals surface area contributed by atoms with E-state index in [4.69, 9.17) is 51.1 Å². The second-order valence-electron chi connectivity index (χ2n) is 7.47. The molecule has 1 aliphatic carbocycles. The Kier molecular flexibility index (Phi) is 6.47. The summed E-state index contributed by atoms with van der Waals surface area (Å²) in [4.78, 5) is 4.26. The highest BCUT2D eigenvalue weighted by molar-refractivity contribution is 7.89. The molecule has 0 saturated carbocycles. The number of nitrogens with zero attached hydrogens (tertiary/aromatic N) is 1. The Morgan fingerprint density at radius 3 is 2.53 bits per heavy atom. The summed E-state index contributed by atoms with van der Waals surface area (Å²) in [6.45, 7) is 1.66. The van der Waals surface area contributed by atoms with Gasteiger partial charge in [-0.3, -0.25) is 4.98 Å². The van der Waals surface area contributed by atoms with Gasteiger partial charge in [0, 0.05) is 16.8 Å². The fraction of sp³-hybridized carbons (Fsp3) is 0.136. The van der Waals surface area contributed by atoms with Crippen molar-refractivity contribution in [3.63, 3.8) is 0 Å². The maximum Gasteiger partial charge on any atom is 0.242 e. The Hall–Kier alpha value is -1.80. The number of ether oxygens (including phenoxy) is 1. The van der Waals surface area contributed by atoms with Gasteiger partial charge in [0.1, 0.15) is 10.6 Å². The predicted molar refractivity (Wildman–Crippen MR) is 129 cm³/mol. The van der Waals surface area contributed by atoms with Crippen LogP contribution in [0.1, 0.15) is 13.3 Å². The molecular formula is C22H16Cl4N2O3S. The smallest absolute Gasteiger partial charge is 0.242 e. The van der Waals surface area contributed by atoms with E-state index in [9.17, 15) is 8.42 Å². The van der Waals surface area contributed by atoms with Crippen molar-refractivity contribution in [1.82, 2.24) is 9.71 Å². The third-order valence-corrected chi connectivity index (χ3v) is 7.68. The third-order valence-electron chi connectivity index (χ3n) is 4.77. The molecule has 0 spiro atoms. The second-order valence-corrected chi connectivity index (χ2v) is 10.8. The summed E-state index contributed by atoms with van der Waals surface area (Å²) < 4.78 is 34.4. The van der Waals surface area contributed by atoms with Gasteiger partial charge in [0.2, 0.25) is 10.0 Å². The molecular weight excluding hydrogens is 514 g/mol. The number of hydrogen-bond donors (Lipinski definition) is 1. The molecule has 10 heteroatoms. The number of rotatable bonds is 5. The summed E-state index contributed by atoms with van der Waals surface area (Å²) in [5, 5.41) is 1.67. The minimum Gasteiger partial charge on any atom is -0.453 e. The Balaban J connectivity index is 1.58. The van der Waals surface area contributed by atoms with E-state index in [1.165, 1.54) is 18.2 Å². The molecule has 0 aliphatic heterocycles. The number of hydrogen-bond acceptors (Lipinski definition) is 4. The van der Waals surface area contributed by atoms with Gasteiger partial charge < -0.3 is 4.74 Å². The van der Waals surface area contributed by atoms with Crippen molar-refractivity contribution in [2.75, 3.05) is 0 Å². The Morgan fingerprint density at radius 2 is 1.81 bits per heavy atom. The first-order valence-corrected chi connectivity index (χ1v) is 12.3. The van der Waals surface area contributed by atoms with Gasteiger partial charge >= 0.3 is 0 Å². The van der Waals surface area contributed by atoms with Crippen LogP contribution in [0.25, 0.3) is 10.9 Å². The number of allylic oxidation sites excluding steroid dienone is 1. The molecule has 1 aromatic heterocycles. The molecule has 1 heterocycles. The van der Waals surface area contributed by atoms with Crippen LogP contribution in [0.5, 0.6) is 5.75 Å². The van der Waals surface area contributed by atoms with Crippen LogP contribution in [-0.4, -0.2) is 18.9 Å². The summed E-state index contributed by atoms with van der Waals surface area (Å²) in [6.07, 6.45) is 3.24. The summed E-state index contributed by atoms with van der Waals surface area (Å²) in [7, 11) is -3.99. The number of nitrogens with one attached hydrogen (secondary N) is 1. The number of fused-ring (bicyclic) bond motifs is 1. The lowest BCUT2D eigenvalue weighted by atomic mass is 9.94. The van der Waals surface area contributed by atoms with E-state index in [0.29, 0.717) is 10.8 Å². The van der Waals surface area contributed by atoms with Gasteiger partial charge in [-0.05, 0) is 43.3 Å². The number of sulfonamides is 1. The Morgan fingerprint density at radius 1 is 1.06 bits per heavy atom. The number of para-hydroxylation sites is 1. The monoisotopic (exact) mass is 528 g/mol. The first-order chi connectivity index (χ1) is 15.1. The summed E-state index contributed by atoms with van der Waals surface area (Å²) >= 11 is 24.9. The van der Waals surface area contributed by atoms with Crippen molar-refractivity contribution in [2.45, 2.75) is 23.8 Å². The van der Waals surface area contributed by atoms with Gasteiger partial charge in [-0.25, -0.2) is 13.1 Å². The summed E-state index contributed by atoms with van der Waals surface area (Å²) in [5.41, 5.74) is -0.280. The summed E-state index contributed by atoms with van der Waals surface area (Å²) in [6, 6.07) is 13.6. The molecule has 1 aliphatic rings. The number of pyridine rings is 1. The third kappa shape index (κ3) is 4.91. The van der Waals surface area contributed by atoms with Crippen LogP contribution >= 0.6 is 46.4 Å². The van der Waals surface area contributed by atoms with Crippen LogP contribution in [0.3, 0.4) is 0 Å². The average Bonchev–Trinajstić information content (AvgIpc) is 2.69. The lowest BCUT2D eigenvalue weighted by molar-refractivity contribution is 0.413. The Labute approximate surface area is 205 Å². The molecule has 166 valence electrons. The van der Waals surface area contributed by atoms with Crippen molar-refractivity contribution in [3.8, 4) is 5.75 Å². The van der Waals surface area contributed by atoms with Crippen molar-refractivity contribution in [3.05, 3.63) is 86.7 Å². The van der Waals surface area contributed by atoms with Crippen molar-refractivity contribution >= 4 is 67.3 Å². The number of benzene rings is 2. The summed E-state index contributed by atoms with van der Waals surface area (Å²) in [5.74, 6) is 0.701. The van der Waals surface area contributed by atoms with E-state index in [1.54, 1.807) is 19.2 Å². The maximum absolute atomic E-state index is 12.9. The molecule has 0 amide bonds. The zero-order valence-corrected chi connectivity index (χ0v) is 20.4. The normalized spacial score (nSPS) is 19.2. The largest absolute Gasteiger partial charge is 0.453 e.